The number of hydrogen-bond donors (Lipinski definition) is 0. The second kappa shape index (κ2) is 2.71. The van der Waals surface area contributed by atoms with Gasteiger partial charge in [-0.25, -0.2) is 13.9 Å². The smallest absolute Gasteiger partial charge is 0.280 e. The Morgan fingerprint density at radius 2 is 1.93 bits per heavy atom. The summed E-state index contributed by atoms with van der Waals surface area (Å²) in [6.07, 6.45) is 1.28. The minimum Gasteiger partial charge on any atom is -0.280 e. The van der Waals surface area contributed by atoms with Crippen LogP contribution < -0.4 is 11.2 Å². The molecular weight excluding hydrogens is 208 g/mol. The maximum atomic E-state index is 11.5. The van der Waals surface area contributed by atoms with E-state index in [0.717, 1.165) is 8.65 Å². The summed E-state index contributed by atoms with van der Waals surface area (Å²) in [5.74, 6) is 0. The number of hydrogen-bond acceptors (Lipinski definition) is 3. The van der Waals surface area contributed by atoms with Crippen molar-refractivity contribution in [1.82, 2.24) is 18.2 Å². The van der Waals surface area contributed by atoms with Gasteiger partial charge in [0.15, 0.2) is 11.2 Å². The lowest BCUT2D eigenvalue weighted by atomic mass is 10.5. The molecule has 0 bridgehead atoms. The van der Waals surface area contributed by atoms with Crippen molar-refractivity contribution < 1.29 is 0 Å². The standard InChI is InChI=1S/C7H7ClN4O2/c1-10-5-4(9-3-12(5)8)6(13)11(2)7(10)14/h3H,1-2H3. The average Bonchev–Trinajstić information content (AvgIpc) is 2.54. The van der Waals surface area contributed by atoms with Crippen molar-refractivity contribution >= 4 is 22.9 Å². The van der Waals surface area contributed by atoms with Gasteiger partial charge >= 0.3 is 5.69 Å². The van der Waals surface area contributed by atoms with Gasteiger partial charge in [-0.15, -0.1) is 0 Å². The van der Waals surface area contributed by atoms with E-state index in [1.165, 1.54) is 25.0 Å². The summed E-state index contributed by atoms with van der Waals surface area (Å²) in [4.78, 5) is 26.8. The fourth-order valence-electron chi connectivity index (χ4n) is 1.34. The zero-order valence-electron chi connectivity index (χ0n) is 7.56. The number of imidazole rings is 1. The van der Waals surface area contributed by atoms with Gasteiger partial charge < -0.3 is 0 Å². The van der Waals surface area contributed by atoms with Gasteiger partial charge in [0.2, 0.25) is 0 Å². The zero-order chi connectivity index (χ0) is 10.5. The lowest BCUT2D eigenvalue weighted by molar-refractivity contribution is 0.707. The first-order valence-electron chi connectivity index (χ1n) is 3.83. The highest BCUT2D eigenvalue weighted by molar-refractivity contribution is 6.18. The molecule has 6 nitrogen and oxygen atoms in total. The van der Waals surface area contributed by atoms with Crippen LogP contribution in [0.4, 0.5) is 0 Å². The Labute approximate surface area is 83.1 Å². The van der Waals surface area contributed by atoms with Crippen molar-refractivity contribution in [2.24, 2.45) is 14.1 Å². The van der Waals surface area contributed by atoms with Gasteiger partial charge in [-0.2, -0.15) is 0 Å². The number of fused-ring (bicyclic) bond motifs is 1. The SMILES string of the molecule is Cn1c(=O)c2ncn(Cl)c2n(C)c1=O. The summed E-state index contributed by atoms with van der Waals surface area (Å²) in [7, 11) is 2.93. The Hall–Kier alpha value is -1.56. The summed E-state index contributed by atoms with van der Waals surface area (Å²) in [5, 5.41) is 0. The van der Waals surface area contributed by atoms with E-state index >= 15 is 0 Å². The van der Waals surface area contributed by atoms with Crippen molar-refractivity contribution in [2.45, 2.75) is 0 Å². The number of halogens is 1. The molecule has 0 unspecified atom stereocenters. The topological polar surface area (TPSA) is 61.8 Å². The molecule has 0 N–H and O–H groups in total. The second-order valence-electron chi connectivity index (χ2n) is 2.93. The molecule has 0 radical (unpaired) electrons. The van der Waals surface area contributed by atoms with E-state index in [-0.39, 0.29) is 5.52 Å². The molecule has 74 valence electrons. The molecule has 0 aliphatic heterocycles. The Morgan fingerprint density at radius 1 is 1.29 bits per heavy atom. The third-order valence-corrected chi connectivity index (χ3v) is 2.35. The first-order chi connectivity index (χ1) is 6.54. The van der Waals surface area contributed by atoms with Crippen LogP contribution in [0.3, 0.4) is 0 Å². The summed E-state index contributed by atoms with van der Waals surface area (Å²) < 4.78 is 3.39. The van der Waals surface area contributed by atoms with Gasteiger partial charge in [0, 0.05) is 25.9 Å². The van der Waals surface area contributed by atoms with Gasteiger partial charge in [-0.1, -0.05) is 0 Å². The summed E-state index contributed by atoms with van der Waals surface area (Å²) >= 11 is 5.72. The predicted molar refractivity (Wildman–Crippen MR) is 51.5 cm³/mol. The lowest BCUT2D eigenvalue weighted by Gasteiger charge is -2.02. The Morgan fingerprint density at radius 3 is 2.57 bits per heavy atom. The van der Waals surface area contributed by atoms with Gasteiger partial charge in [-0.05, 0) is 0 Å². The Kier molecular flexibility index (Phi) is 1.75. The van der Waals surface area contributed by atoms with Crippen LogP contribution in [-0.4, -0.2) is 18.2 Å². The predicted octanol–water partition coefficient (Wildman–Crippen LogP) is -0.564. The van der Waals surface area contributed by atoms with E-state index in [2.05, 4.69) is 4.98 Å². The quantitative estimate of drug-likeness (QED) is 0.591. The first-order valence-corrected chi connectivity index (χ1v) is 4.17. The van der Waals surface area contributed by atoms with Crippen molar-refractivity contribution in [1.29, 1.82) is 0 Å². The van der Waals surface area contributed by atoms with Crippen molar-refractivity contribution in [3.8, 4) is 0 Å². The monoisotopic (exact) mass is 214 g/mol. The van der Waals surface area contributed by atoms with Gasteiger partial charge in [0.05, 0.1) is 0 Å². The van der Waals surface area contributed by atoms with E-state index < -0.39 is 11.2 Å². The Balaban J connectivity index is 3.22. The van der Waals surface area contributed by atoms with Crippen LogP contribution in [0.5, 0.6) is 0 Å². The summed E-state index contributed by atoms with van der Waals surface area (Å²) in [6.45, 7) is 0. The Bertz CT molecular complexity index is 621. The normalized spacial score (nSPS) is 11.1. The first kappa shape index (κ1) is 9.01. The molecule has 0 aromatic carbocycles. The number of nitrogens with zero attached hydrogens (tertiary/aromatic N) is 4. The zero-order valence-corrected chi connectivity index (χ0v) is 8.32. The molecule has 0 aliphatic rings. The maximum absolute atomic E-state index is 11.5. The van der Waals surface area contributed by atoms with Gasteiger partial charge in [0.1, 0.15) is 6.33 Å². The number of rotatable bonds is 0. The van der Waals surface area contributed by atoms with E-state index in [1.807, 2.05) is 0 Å². The molecule has 0 saturated heterocycles. The number of aromatic nitrogens is 4. The largest absolute Gasteiger partial charge is 0.332 e. The van der Waals surface area contributed by atoms with Crippen LogP contribution in [0.25, 0.3) is 11.2 Å². The maximum Gasteiger partial charge on any atom is 0.332 e. The third-order valence-electron chi connectivity index (χ3n) is 2.10. The van der Waals surface area contributed by atoms with Crippen LogP contribution in [-0.2, 0) is 14.1 Å². The molecular formula is C7H7ClN4O2. The van der Waals surface area contributed by atoms with E-state index in [9.17, 15) is 9.59 Å². The molecule has 0 saturated carbocycles. The van der Waals surface area contributed by atoms with E-state index in [1.54, 1.807) is 0 Å². The summed E-state index contributed by atoms with van der Waals surface area (Å²) in [6, 6.07) is 0. The fraction of sp³-hybridized carbons (Fsp3) is 0.286. The minimum atomic E-state index is -0.442. The molecule has 2 heterocycles. The van der Waals surface area contributed by atoms with Crippen LogP contribution in [0.1, 0.15) is 0 Å². The van der Waals surface area contributed by atoms with E-state index in [0.29, 0.717) is 5.65 Å². The average molecular weight is 215 g/mol. The third kappa shape index (κ3) is 0.941. The van der Waals surface area contributed by atoms with E-state index in [4.69, 9.17) is 11.8 Å². The van der Waals surface area contributed by atoms with Crippen LogP contribution in [0.15, 0.2) is 15.9 Å². The fourth-order valence-corrected chi connectivity index (χ4v) is 1.57. The van der Waals surface area contributed by atoms with Crippen molar-refractivity contribution in [3.63, 3.8) is 0 Å². The molecule has 0 atom stereocenters. The molecule has 2 aromatic heterocycles. The molecule has 0 amide bonds. The molecule has 7 heteroatoms. The molecule has 0 fully saturated rings. The summed E-state index contributed by atoms with van der Waals surface area (Å²) in [5.41, 5.74) is -0.378. The van der Waals surface area contributed by atoms with Crippen molar-refractivity contribution in [3.05, 3.63) is 27.2 Å². The number of aryl methyl sites for hydroxylation is 1. The van der Waals surface area contributed by atoms with Gasteiger partial charge in [-0.3, -0.25) is 13.9 Å². The molecule has 2 rings (SSSR count). The van der Waals surface area contributed by atoms with Crippen LogP contribution >= 0.6 is 11.8 Å². The van der Waals surface area contributed by atoms with Gasteiger partial charge in [0.25, 0.3) is 5.56 Å². The minimum absolute atomic E-state index is 0.185. The highest BCUT2D eigenvalue weighted by Crippen LogP contribution is 2.06. The molecule has 14 heavy (non-hydrogen) atoms. The highest BCUT2D eigenvalue weighted by atomic mass is 35.5. The lowest BCUT2D eigenvalue weighted by Crippen LogP contribution is -2.37. The molecule has 0 spiro atoms. The van der Waals surface area contributed by atoms with Crippen LogP contribution in [0, 0.1) is 0 Å². The van der Waals surface area contributed by atoms with Crippen LogP contribution in [0.2, 0.25) is 0 Å². The molecule has 2 aromatic rings. The second-order valence-corrected chi connectivity index (χ2v) is 3.30. The highest BCUT2D eigenvalue weighted by Gasteiger charge is 2.12. The van der Waals surface area contributed by atoms with Crippen molar-refractivity contribution in [2.75, 3.05) is 0 Å². The molecule has 0 aliphatic carbocycles.